The number of aromatic nitrogens is 1. The van der Waals surface area contributed by atoms with Gasteiger partial charge >= 0.3 is 0 Å². The third kappa shape index (κ3) is 6.17. The van der Waals surface area contributed by atoms with Crippen molar-refractivity contribution in [2.75, 3.05) is 6.54 Å². The minimum Gasteiger partial charge on any atom is -0.357 e. The molecule has 0 saturated carbocycles. The van der Waals surface area contributed by atoms with E-state index in [0.717, 1.165) is 18.2 Å². The van der Waals surface area contributed by atoms with Gasteiger partial charge in [-0.25, -0.2) is 4.99 Å². The van der Waals surface area contributed by atoms with Crippen molar-refractivity contribution in [2.45, 2.75) is 33.4 Å². The van der Waals surface area contributed by atoms with Gasteiger partial charge in [-0.05, 0) is 38.0 Å². The van der Waals surface area contributed by atoms with Gasteiger partial charge in [0.15, 0.2) is 5.96 Å². The molecule has 1 aromatic carbocycles. The predicted molar refractivity (Wildman–Crippen MR) is 107 cm³/mol. The van der Waals surface area contributed by atoms with E-state index in [1.807, 2.05) is 18.3 Å². The summed E-state index contributed by atoms with van der Waals surface area (Å²) in [6, 6.07) is 14.6. The average molecular weight is 424 g/mol. The Kier molecular flexibility index (Phi) is 8.61. The van der Waals surface area contributed by atoms with E-state index in [4.69, 9.17) is 0 Å². The van der Waals surface area contributed by atoms with E-state index in [-0.39, 0.29) is 30.0 Å². The molecule has 0 aliphatic carbocycles. The summed E-state index contributed by atoms with van der Waals surface area (Å²) in [7, 11) is 0. The summed E-state index contributed by atoms with van der Waals surface area (Å²) in [6.45, 7) is 7.66. The minimum absolute atomic E-state index is 0. The van der Waals surface area contributed by atoms with Gasteiger partial charge in [0.05, 0.1) is 18.3 Å². The molecule has 0 aliphatic rings. The van der Waals surface area contributed by atoms with Crippen LogP contribution in [0.5, 0.6) is 0 Å². The quantitative estimate of drug-likeness (QED) is 0.436. The van der Waals surface area contributed by atoms with Gasteiger partial charge in [0.25, 0.3) is 0 Å². The van der Waals surface area contributed by atoms with E-state index in [1.165, 1.54) is 11.1 Å². The standard InChI is InChI=1S/C18H24N4.HI/c1-4-19-18(21-13-17-14(2)9-8-12-20-17)22-15(3)16-10-6-5-7-11-16;/h5-12,15H,4,13H2,1-3H3,(H2,19,21,22);1H. The first kappa shape index (κ1) is 19.4. The van der Waals surface area contributed by atoms with Gasteiger partial charge in [0, 0.05) is 12.7 Å². The third-order valence-corrected chi connectivity index (χ3v) is 3.50. The number of benzene rings is 1. The van der Waals surface area contributed by atoms with E-state index in [0.29, 0.717) is 6.54 Å². The lowest BCUT2D eigenvalue weighted by Crippen LogP contribution is -2.38. The maximum Gasteiger partial charge on any atom is 0.192 e. The summed E-state index contributed by atoms with van der Waals surface area (Å²) in [5, 5.41) is 6.72. The molecule has 0 amide bonds. The molecule has 124 valence electrons. The van der Waals surface area contributed by atoms with Gasteiger partial charge < -0.3 is 10.6 Å². The summed E-state index contributed by atoms with van der Waals surface area (Å²) in [4.78, 5) is 9.03. The lowest BCUT2D eigenvalue weighted by atomic mass is 10.1. The van der Waals surface area contributed by atoms with Gasteiger partial charge in [0.2, 0.25) is 0 Å². The molecule has 1 aromatic heterocycles. The predicted octanol–water partition coefficient (Wildman–Crippen LogP) is 3.82. The second kappa shape index (κ2) is 10.2. The van der Waals surface area contributed by atoms with Crippen molar-refractivity contribution in [1.82, 2.24) is 15.6 Å². The molecule has 1 heterocycles. The number of aryl methyl sites for hydroxylation is 1. The van der Waals surface area contributed by atoms with Crippen LogP contribution in [0.25, 0.3) is 0 Å². The van der Waals surface area contributed by atoms with Gasteiger partial charge in [0.1, 0.15) is 0 Å². The van der Waals surface area contributed by atoms with Crippen LogP contribution in [0.2, 0.25) is 0 Å². The van der Waals surface area contributed by atoms with Crippen molar-refractivity contribution in [1.29, 1.82) is 0 Å². The van der Waals surface area contributed by atoms with Crippen LogP contribution in [0.3, 0.4) is 0 Å². The number of nitrogens with zero attached hydrogens (tertiary/aromatic N) is 2. The van der Waals surface area contributed by atoms with Crippen LogP contribution >= 0.6 is 24.0 Å². The fourth-order valence-electron chi connectivity index (χ4n) is 2.19. The number of hydrogen-bond acceptors (Lipinski definition) is 2. The lowest BCUT2D eigenvalue weighted by molar-refractivity contribution is 0.685. The molecule has 23 heavy (non-hydrogen) atoms. The van der Waals surface area contributed by atoms with Crippen molar-refractivity contribution in [3.8, 4) is 0 Å². The topological polar surface area (TPSA) is 49.3 Å². The van der Waals surface area contributed by atoms with Crippen LogP contribution in [-0.4, -0.2) is 17.5 Å². The Hall–Kier alpha value is -1.63. The Balaban J connectivity index is 0.00000264. The Labute approximate surface area is 155 Å². The molecule has 0 aliphatic heterocycles. The molecular weight excluding hydrogens is 399 g/mol. The van der Waals surface area contributed by atoms with Crippen molar-refractivity contribution < 1.29 is 0 Å². The zero-order chi connectivity index (χ0) is 15.8. The Morgan fingerprint density at radius 3 is 2.57 bits per heavy atom. The van der Waals surface area contributed by atoms with E-state index in [1.54, 1.807) is 0 Å². The second-order valence-corrected chi connectivity index (χ2v) is 5.24. The number of pyridine rings is 1. The Morgan fingerprint density at radius 2 is 1.91 bits per heavy atom. The number of guanidine groups is 1. The molecule has 1 atom stereocenters. The van der Waals surface area contributed by atoms with Gasteiger partial charge in [-0.3, -0.25) is 4.98 Å². The molecule has 2 N–H and O–H groups in total. The largest absolute Gasteiger partial charge is 0.357 e. The first-order valence-corrected chi connectivity index (χ1v) is 7.71. The first-order valence-electron chi connectivity index (χ1n) is 7.71. The van der Waals surface area contributed by atoms with Gasteiger partial charge in [-0.2, -0.15) is 0 Å². The van der Waals surface area contributed by atoms with Crippen LogP contribution in [-0.2, 0) is 6.54 Å². The normalized spacial score (nSPS) is 12.2. The summed E-state index contributed by atoms with van der Waals surface area (Å²) in [5.74, 6) is 0.809. The summed E-state index contributed by atoms with van der Waals surface area (Å²) < 4.78 is 0. The zero-order valence-electron chi connectivity index (χ0n) is 13.9. The number of hydrogen-bond donors (Lipinski definition) is 2. The second-order valence-electron chi connectivity index (χ2n) is 5.24. The fraction of sp³-hybridized carbons (Fsp3) is 0.333. The highest BCUT2D eigenvalue weighted by atomic mass is 127. The average Bonchev–Trinajstić information content (AvgIpc) is 2.55. The highest BCUT2D eigenvalue weighted by Crippen LogP contribution is 2.11. The van der Waals surface area contributed by atoms with Crippen molar-refractivity contribution in [3.63, 3.8) is 0 Å². The molecule has 0 radical (unpaired) electrons. The van der Waals surface area contributed by atoms with E-state index < -0.39 is 0 Å². The van der Waals surface area contributed by atoms with Crippen LogP contribution in [0.4, 0.5) is 0 Å². The number of halogens is 1. The van der Waals surface area contributed by atoms with Crippen LogP contribution in [0.15, 0.2) is 53.7 Å². The molecule has 0 bridgehead atoms. The highest BCUT2D eigenvalue weighted by molar-refractivity contribution is 14.0. The maximum atomic E-state index is 4.64. The summed E-state index contributed by atoms with van der Waals surface area (Å²) in [6.07, 6.45) is 1.81. The lowest BCUT2D eigenvalue weighted by Gasteiger charge is -2.18. The molecule has 2 rings (SSSR count). The van der Waals surface area contributed by atoms with Crippen molar-refractivity contribution in [3.05, 3.63) is 65.5 Å². The number of aliphatic imine (C=N–C) groups is 1. The molecule has 2 aromatic rings. The molecule has 1 unspecified atom stereocenters. The minimum atomic E-state index is 0. The highest BCUT2D eigenvalue weighted by Gasteiger charge is 2.07. The van der Waals surface area contributed by atoms with Crippen LogP contribution < -0.4 is 10.6 Å². The smallest absolute Gasteiger partial charge is 0.192 e. The van der Waals surface area contributed by atoms with E-state index in [2.05, 4.69) is 71.7 Å². The maximum absolute atomic E-state index is 4.64. The van der Waals surface area contributed by atoms with E-state index >= 15 is 0 Å². The molecule has 0 fully saturated rings. The summed E-state index contributed by atoms with van der Waals surface area (Å²) >= 11 is 0. The van der Waals surface area contributed by atoms with Crippen molar-refractivity contribution in [2.24, 2.45) is 4.99 Å². The molecule has 0 spiro atoms. The fourth-order valence-corrected chi connectivity index (χ4v) is 2.19. The van der Waals surface area contributed by atoms with Crippen molar-refractivity contribution >= 4 is 29.9 Å². The first-order chi connectivity index (χ1) is 10.7. The van der Waals surface area contributed by atoms with Crippen LogP contribution in [0, 0.1) is 6.92 Å². The molecule has 4 nitrogen and oxygen atoms in total. The van der Waals surface area contributed by atoms with Gasteiger partial charge in [-0.1, -0.05) is 36.4 Å². The zero-order valence-corrected chi connectivity index (χ0v) is 16.2. The molecule has 5 heteroatoms. The summed E-state index contributed by atoms with van der Waals surface area (Å²) in [5.41, 5.74) is 3.41. The van der Waals surface area contributed by atoms with Gasteiger partial charge in [-0.15, -0.1) is 24.0 Å². The Morgan fingerprint density at radius 1 is 1.17 bits per heavy atom. The SMILES string of the molecule is CCNC(=NCc1ncccc1C)NC(C)c1ccccc1.I. The Bertz CT molecular complexity index is 613. The van der Waals surface area contributed by atoms with E-state index in [9.17, 15) is 0 Å². The molecule has 0 saturated heterocycles. The van der Waals surface area contributed by atoms with Crippen LogP contribution in [0.1, 0.15) is 36.7 Å². The number of rotatable bonds is 5. The third-order valence-electron chi connectivity index (χ3n) is 3.50. The number of nitrogens with one attached hydrogen (secondary N) is 2. The monoisotopic (exact) mass is 424 g/mol. The molecular formula is C18H25IN4.